The lowest BCUT2D eigenvalue weighted by Crippen LogP contribution is -2.44. The van der Waals surface area contributed by atoms with Gasteiger partial charge in [0.05, 0.1) is 34.1 Å². The first-order valence-corrected chi connectivity index (χ1v) is 13.2. The third-order valence-corrected chi connectivity index (χ3v) is 8.52. The Morgan fingerprint density at radius 2 is 1.95 bits per heavy atom. The van der Waals surface area contributed by atoms with E-state index in [9.17, 15) is 18.3 Å². The number of alkyl halides is 3. The highest BCUT2D eigenvalue weighted by molar-refractivity contribution is 5.86. The van der Waals surface area contributed by atoms with Crippen molar-refractivity contribution >= 4 is 27.9 Å². The number of fused-ring (bicyclic) bond motifs is 2. The molecule has 3 aromatic heterocycles. The summed E-state index contributed by atoms with van der Waals surface area (Å²) >= 11 is 0. The number of halogens is 3. The summed E-state index contributed by atoms with van der Waals surface area (Å²) in [5.41, 5.74) is 7.09. The van der Waals surface area contributed by atoms with E-state index in [0.29, 0.717) is 34.7 Å². The van der Waals surface area contributed by atoms with Crippen LogP contribution in [0.5, 0.6) is 0 Å². The summed E-state index contributed by atoms with van der Waals surface area (Å²) in [6.45, 7) is 0.937. The zero-order valence-electron chi connectivity index (χ0n) is 21.2. The quantitative estimate of drug-likeness (QED) is 0.325. The molecule has 1 aromatic carbocycles. The summed E-state index contributed by atoms with van der Waals surface area (Å²) in [4.78, 5) is 18.4. The third-order valence-electron chi connectivity index (χ3n) is 8.52. The molecule has 2 aliphatic rings. The van der Waals surface area contributed by atoms with Crippen molar-refractivity contribution in [3.8, 4) is 0 Å². The number of nitrogens with one attached hydrogen (secondary N) is 1. The van der Waals surface area contributed by atoms with Crippen molar-refractivity contribution in [3.05, 3.63) is 48.2 Å². The van der Waals surface area contributed by atoms with Gasteiger partial charge in [-0.05, 0) is 75.3 Å². The van der Waals surface area contributed by atoms with Gasteiger partial charge >= 0.3 is 6.18 Å². The Balaban J connectivity index is 0.990. The van der Waals surface area contributed by atoms with Crippen LogP contribution in [0.25, 0.3) is 22.1 Å². The topological polar surface area (TPSA) is 109 Å². The number of aromatic amines is 1. The molecule has 6 rings (SSSR count). The average molecular weight is 528 g/mol. The van der Waals surface area contributed by atoms with Crippen LogP contribution in [0.4, 0.5) is 19.0 Å². The van der Waals surface area contributed by atoms with Gasteiger partial charge in [0.2, 0.25) is 0 Å². The summed E-state index contributed by atoms with van der Waals surface area (Å²) in [6, 6.07) is 6.05. The van der Waals surface area contributed by atoms with Gasteiger partial charge in [-0.1, -0.05) is 0 Å². The Morgan fingerprint density at radius 3 is 2.74 bits per heavy atom. The first kappa shape index (κ1) is 25.1. The number of rotatable bonds is 7. The molecule has 11 heteroatoms. The number of aliphatic hydroxyl groups is 1. The number of imidazole rings is 1. The maximum absolute atomic E-state index is 13.0. The second-order valence-electron chi connectivity index (χ2n) is 11.1. The fourth-order valence-electron chi connectivity index (χ4n) is 6.35. The molecule has 3 atom stereocenters. The van der Waals surface area contributed by atoms with Crippen LogP contribution in [-0.2, 0) is 12.6 Å². The number of nitrogens with two attached hydrogens (primary N) is 1. The molecule has 8 nitrogen and oxygen atoms in total. The first-order chi connectivity index (χ1) is 18.2. The monoisotopic (exact) mass is 527 g/mol. The van der Waals surface area contributed by atoms with Gasteiger partial charge in [0, 0.05) is 25.2 Å². The molecule has 202 valence electrons. The van der Waals surface area contributed by atoms with Crippen LogP contribution >= 0.6 is 0 Å². The Morgan fingerprint density at radius 1 is 1.13 bits per heavy atom. The molecule has 0 saturated heterocycles. The summed E-state index contributed by atoms with van der Waals surface area (Å²) in [6.07, 6.45) is 4.17. The Labute approximate surface area is 218 Å². The van der Waals surface area contributed by atoms with E-state index in [-0.39, 0.29) is 6.04 Å². The van der Waals surface area contributed by atoms with Crippen LogP contribution < -0.4 is 5.73 Å². The third kappa shape index (κ3) is 4.73. The maximum atomic E-state index is 13.0. The van der Waals surface area contributed by atoms with Gasteiger partial charge in [0.15, 0.2) is 0 Å². The van der Waals surface area contributed by atoms with Crippen LogP contribution in [-0.4, -0.2) is 60.2 Å². The van der Waals surface area contributed by atoms with E-state index in [2.05, 4.69) is 31.9 Å². The van der Waals surface area contributed by atoms with Gasteiger partial charge in [0.1, 0.15) is 23.6 Å². The molecule has 0 bridgehead atoms. The lowest BCUT2D eigenvalue weighted by Gasteiger charge is -2.42. The number of hydrogen-bond acceptors (Lipinski definition) is 6. The molecule has 2 unspecified atom stereocenters. The predicted molar refractivity (Wildman–Crippen MR) is 138 cm³/mol. The first-order valence-electron chi connectivity index (χ1n) is 13.2. The van der Waals surface area contributed by atoms with Crippen molar-refractivity contribution in [2.45, 2.75) is 62.9 Å². The smallest absolute Gasteiger partial charge is 0.391 e. The van der Waals surface area contributed by atoms with Crippen molar-refractivity contribution in [1.29, 1.82) is 0 Å². The number of nitrogen functional groups attached to an aromatic ring is 1. The molecule has 4 aromatic rings. The van der Waals surface area contributed by atoms with Crippen LogP contribution in [0.15, 0.2) is 36.8 Å². The number of nitrogens with zero attached hydrogens (tertiary/aromatic N) is 5. The Bertz CT molecular complexity index is 1440. The largest absolute Gasteiger partial charge is 0.416 e. The number of aromatic nitrogens is 5. The molecule has 0 aliphatic heterocycles. The molecular weight excluding hydrogens is 495 g/mol. The molecule has 2 fully saturated rings. The molecule has 3 heterocycles. The number of aryl methyl sites for hydroxylation is 1. The summed E-state index contributed by atoms with van der Waals surface area (Å²) in [5.74, 6) is 2.17. The van der Waals surface area contributed by atoms with Crippen molar-refractivity contribution in [1.82, 2.24) is 29.4 Å². The Hall–Kier alpha value is -3.18. The lowest BCUT2D eigenvalue weighted by atomic mass is 9.76. The maximum Gasteiger partial charge on any atom is 0.416 e. The van der Waals surface area contributed by atoms with Gasteiger partial charge in [-0.25, -0.2) is 15.0 Å². The fraction of sp³-hybridized carbons (Fsp3) is 0.519. The van der Waals surface area contributed by atoms with Gasteiger partial charge in [-0.15, -0.1) is 0 Å². The standard InChI is InChI=1S/C27H32F3N7O/c1-36(13-16-10-22(23(38)11-16)37-7-6-19-25(31)32-14-33-26(19)37)18-8-15(9-18)2-5-24-34-20-4-3-17(27(28,29)30)12-21(20)35-24/h3-4,6-7,12,14-16,18,22-23,38H,2,5,8-11,13H2,1H3,(H,34,35)(H2,31,32,33)/t15?,16?,18?,22?,23-/m1/s1. The SMILES string of the molecule is CN(CC1CC(n2ccc3c(N)ncnc32)[C@H](O)C1)C1CC(CCc2nc3ccc(C(F)(F)F)cc3[nH]2)C1. The fourth-order valence-corrected chi connectivity index (χ4v) is 6.35. The molecule has 0 amide bonds. The lowest BCUT2D eigenvalue weighted by molar-refractivity contribution is -0.137. The number of hydrogen-bond donors (Lipinski definition) is 3. The second kappa shape index (κ2) is 9.53. The Kier molecular flexibility index (Phi) is 6.30. The highest BCUT2D eigenvalue weighted by atomic mass is 19.4. The minimum Gasteiger partial charge on any atom is -0.391 e. The normalized spacial score (nSPS) is 26.0. The van der Waals surface area contributed by atoms with E-state index in [1.165, 1.54) is 12.4 Å². The molecule has 4 N–H and O–H groups in total. The second-order valence-corrected chi connectivity index (χ2v) is 11.1. The van der Waals surface area contributed by atoms with Crippen molar-refractivity contribution in [3.63, 3.8) is 0 Å². The zero-order valence-corrected chi connectivity index (χ0v) is 21.2. The summed E-state index contributed by atoms with van der Waals surface area (Å²) in [7, 11) is 2.16. The molecule has 38 heavy (non-hydrogen) atoms. The molecule has 0 spiro atoms. The van der Waals surface area contributed by atoms with Crippen molar-refractivity contribution in [2.24, 2.45) is 11.8 Å². The average Bonchev–Trinajstić information content (AvgIpc) is 3.53. The van der Waals surface area contributed by atoms with Gasteiger partial charge in [-0.3, -0.25) is 0 Å². The van der Waals surface area contributed by atoms with Crippen LogP contribution in [0.3, 0.4) is 0 Å². The van der Waals surface area contributed by atoms with Gasteiger partial charge in [-0.2, -0.15) is 13.2 Å². The number of anilines is 1. The molecule has 2 aliphatic carbocycles. The van der Waals surface area contributed by atoms with E-state index in [1.54, 1.807) is 0 Å². The van der Waals surface area contributed by atoms with E-state index >= 15 is 0 Å². The van der Waals surface area contributed by atoms with Crippen LogP contribution in [0.1, 0.15) is 49.5 Å². The number of aliphatic hydroxyl groups excluding tert-OH is 1. The van der Waals surface area contributed by atoms with E-state index < -0.39 is 17.8 Å². The van der Waals surface area contributed by atoms with Crippen molar-refractivity contribution in [2.75, 3.05) is 19.3 Å². The summed E-state index contributed by atoms with van der Waals surface area (Å²) < 4.78 is 41.0. The minimum absolute atomic E-state index is 0.0228. The molecule has 0 radical (unpaired) electrons. The van der Waals surface area contributed by atoms with Crippen molar-refractivity contribution < 1.29 is 18.3 Å². The number of H-pyrrole nitrogens is 1. The molecule has 2 saturated carbocycles. The van der Waals surface area contributed by atoms with Gasteiger partial charge < -0.3 is 25.3 Å². The van der Waals surface area contributed by atoms with Gasteiger partial charge in [0.25, 0.3) is 0 Å². The van der Waals surface area contributed by atoms with E-state index in [0.717, 1.165) is 74.1 Å². The zero-order chi connectivity index (χ0) is 26.6. The predicted octanol–water partition coefficient (Wildman–Crippen LogP) is 4.56. The molecular formula is C27H32F3N7O. The summed E-state index contributed by atoms with van der Waals surface area (Å²) in [5, 5.41) is 11.6. The highest BCUT2D eigenvalue weighted by Crippen LogP contribution is 2.40. The number of benzene rings is 1. The van der Waals surface area contributed by atoms with Crippen LogP contribution in [0.2, 0.25) is 0 Å². The van der Waals surface area contributed by atoms with E-state index in [4.69, 9.17) is 5.73 Å². The minimum atomic E-state index is -4.36. The van der Waals surface area contributed by atoms with E-state index in [1.807, 2.05) is 16.8 Å². The highest BCUT2D eigenvalue weighted by Gasteiger charge is 2.38. The van der Waals surface area contributed by atoms with Crippen LogP contribution in [0, 0.1) is 11.8 Å².